The molecule has 0 saturated carbocycles. The number of hydrogen-bond donors (Lipinski definition) is 2. The summed E-state index contributed by atoms with van der Waals surface area (Å²) in [5, 5.41) is 13.6. The third kappa shape index (κ3) is 3.70. The van der Waals surface area contributed by atoms with Crippen LogP contribution >= 0.6 is 0 Å². The molecule has 0 saturated heterocycles. The summed E-state index contributed by atoms with van der Waals surface area (Å²) in [6.45, 7) is 2.36. The molecule has 0 fully saturated rings. The number of hydrazone groups is 1. The average Bonchev–Trinajstić information content (AvgIpc) is 2.44. The molecule has 0 aliphatic rings. The van der Waals surface area contributed by atoms with Crippen molar-refractivity contribution in [3.05, 3.63) is 48.2 Å². The number of ether oxygens (including phenoxy) is 1. The van der Waals surface area contributed by atoms with Crippen molar-refractivity contribution in [2.45, 2.75) is 6.92 Å². The lowest BCUT2D eigenvalue weighted by Crippen LogP contribution is -1.95. The Bertz CT molecular complexity index is 556. The van der Waals surface area contributed by atoms with E-state index in [1.807, 2.05) is 25.1 Å². The van der Waals surface area contributed by atoms with Crippen molar-refractivity contribution in [2.75, 3.05) is 12.0 Å². The monoisotopic (exact) mass is 257 g/mol. The highest BCUT2D eigenvalue weighted by Gasteiger charge is 2.01. The average molecular weight is 257 g/mol. The molecule has 2 aromatic rings. The van der Waals surface area contributed by atoms with E-state index in [1.54, 1.807) is 30.6 Å². The fourth-order valence-electron chi connectivity index (χ4n) is 1.48. The van der Waals surface area contributed by atoms with Crippen LogP contribution in [0.15, 0.2) is 47.7 Å². The molecule has 2 rings (SSSR count). The normalized spacial score (nSPS) is 10.6. The highest BCUT2D eigenvalue weighted by molar-refractivity contribution is 5.81. The Morgan fingerprint density at radius 3 is 3.00 bits per heavy atom. The number of nitrogens with zero attached hydrogens (tertiary/aromatic N) is 2. The van der Waals surface area contributed by atoms with Crippen molar-refractivity contribution in [1.82, 2.24) is 4.98 Å². The van der Waals surface area contributed by atoms with Gasteiger partial charge in [-0.1, -0.05) is 6.07 Å². The van der Waals surface area contributed by atoms with E-state index in [0.29, 0.717) is 18.2 Å². The predicted octanol–water partition coefficient (Wildman–Crippen LogP) is 2.63. The summed E-state index contributed by atoms with van der Waals surface area (Å²) >= 11 is 0. The molecule has 0 aliphatic carbocycles. The minimum Gasteiger partial charge on any atom is -0.504 e. The molecule has 5 heteroatoms. The summed E-state index contributed by atoms with van der Waals surface area (Å²) < 4.78 is 5.30. The number of nitrogens with one attached hydrogen (secondary N) is 1. The summed E-state index contributed by atoms with van der Waals surface area (Å²) in [5.74, 6) is 1.24. The van der Waals surface area contributed by atoms with Crippen LogP contribution in [0.1, 0.15) is 12.5 Å². The number of benzene rings is 1. The van der Waals surface area contributed by atoms with Crippen LogP contribution in [-0.2, 0) is 0 Å². The van der Waals surface area contributed by atoms with Gasteiger partial charge in [0.05, 0.1) is 12.8 Å². The van der Waals surface area contributed by atoms with Crippen LogP contribution in [0.25, 0.3) is 0 Å². The van der Waals surface area contributed by atoms with Gasteiger partial charge in [0.15, 0.2) is 11.5 Å². The number of hydrogen-bond acceptors (Lipinski definition) is 5. The first kappa shape index (κ1) is 12.9. The number of aromatic nitrogens is 1. The van der Waals surface area contributed by atoms with Crippen LogP contribution in [0.5, 0.6) is 11.5 Å². The second-order valence-corrected chi connectivity index (χ2v) is 3.75. The number of phenolic OH excluding ortho intramolecular Hbond substituents is 1. The molecule has 0 radical (unpaired) electrons. The fourth-order valence-corrected chi connectivity index (χ4v) is 1.48. The van der Waals surface area contributed by atoms with Crippen molar-refractivity contribution in [3.63, 3.8) is 0 Å². The topological polar surface area (TPSA) is 66.7 Å². The van der Waals surface area contributed by atoms with Crippen molar-refractivity contribution < 1.29 is 9.84 Å². The minimum absolute atomic E-state index is 0.122. The van der Waals surface area contributed by atoms with E-state index in [0.717, 1.165) is 5.56 Å². The highest BCUT2D eigenvalue weighted by atomic mass is 16.5. The van der Waals surface area contributed by atoms with Gasteiger partial charge in [0, 0.05) is 6.20 Å². The lowest BCUT2D eigenvalue weighted by molar-refractivity contribution is 0.318. The summed E-state index contributed by atoms with van der Waals surface area (Å²) in [4.78, 5) is 4.08. The van der Waals surface area contributed by atoms with Gasteiger partial charge in [0.1, 0.15) is 5.82 Å². The zero-order valence-corrected chi connectivity index (χ0v) is 10.6. The zero-order chi connectivity index (χ0) is 13.5. The zero-order valence-electron chi connectivity index (χ0n) is 10.6. The lowest BCUT2D eigenvalue weighted by Gasteiger charge is -2.06. The third-order valence-corrected chi connectivity index (χ3v) is 2.34. The summed E-state index contributed by atoms with van der Waals surface area (Å²) in [6, 6.07) is 10.6. The molecule has 0 atom stereocenters. The Balaban J connectivity index is 2.04. The van der Waals surface area contributed by atoms with Gasteiger partial charge in [-0.15, -0.1) is 0 Å². The van der Waals surface area contributed by atoms with Gasteiger partial charge < -0.3 is 9.84 Å². The van der Waals surface area contributed by atoms with E-state index in [2.05, 4.69) is 15.5 Å². The van der Waals surface area contributed by atoms with Gasteiger partial charge in [-0.3, -0.25) is 5.43 Å². The summed E-state index contributed by atoms with van der Waals surface area (Å²) in [6.07, 6.45) is 3.32. The maximum Gasteiger partial charge on any atom is 0.161 e. The molecule has 0 amide bonds. The first-order chi connectivity index (χ1) is 9.29. The number of pyridine rings is 1. The lowest BCUT2D eigenvalue weighted by atomic mass is 10.2. The standard InChI is InChI=1S/C14H15N3O2/c1-2-19-13-9-11(6-7-12(13)18)10-16-17-14-5-3-4-8-15-14/h3-10,18H,2H2,1H3,(H,15,17). The van der Waals surface area contributed by atoms with Crippen LogP contribution in [0.4, 0.5) is 5.82 Å². The molecule has 19 heavy (non-hydrogen) atoms. The smallest absolute Gasteiger partial charge is 0.161 e. The number of phenols is 1. The van der Waals surface area contributed by atoms with E-state index >= 15 is 0 Å². The van der Waals surface area contributed by atoms with Crippen molar-refractivity contribution in [2.24, 2.45) is 5.10 Å². The summed E-state index contributed by atoms with van der Waals surface area (Å²) in [5.41, 5.74) is 3.64. The van der Waals surface area contributed by atoms with E-state index in [4.69, 9.17) is 4.74 Å². The van der Waals surface area contributed by atoms with Gasteiger partial charge in [-0.25, -0.2) is 4.98 Å². The van der Waals surface area contributed by atoms with Crippen LogP contribution in [0.2, 0.25) is 0 Å². The van der Waals surface area contributed by atoms with Gasteiger partial charge >= 0.3 is 0 Å². The molecule has 1 aromatic carbocycles. The molecule has 0 spiro atoms. The molecule has 0 unspecified atom stereocenters. The Morgan fingerprint density at radius 1 is 1.37 bits per heavy atom. The van der Waals surface area contributed by atoms with E-state index in [-0.39, 0.29) is 5.75 Å². The van der Waals surface area contributed by atoms with Crippen LogP contribution in [0.3, 0.4) is 0 Å². The van der Waals surface area contributed by atoms with E-state index < -0.39 is 0 Å². The Labute approximate surface area is 111 Å². The number of aromatic hydroxyl groups is 1. The van der Waals surface area contributed by atoms with E-state index in [9.17, 15) is 5.11 Å². The molecule has 1 aromatic heterocycles. The maximum absolute atomic E-state index is 9.57. The Hall–Kier alpha value is -2.56. The molecule has 98 valence electrons. The molecule has 0 aliphatic heterocycles. The predicted molar refractivity (Wildman–Crippen MR) is 74.7 cm³/mol. The van der Waals surface area contributed by atoms with Crippen molar-refractivity contribution >= 4 is 12.0 Å². The Morgan fingerprint density at radius 2 is 2.26 bits per heavy atom. The molecular weight excluding hydrogens is 242 g/mol. The molecule has 2 N–H and O–H groups in total. The fraction of sp³-hybridized carbons (Fsp3) is 0.143. The molecule has 5 nitrogen and oxygen atoms in total. The quantitative estimate of drug-likeness (QED) is 0.638. The first-order valence-corrected chi connectivity index (χ1v) is 5.95. The second kappa shape index (κ2) is 6.39. The SMILES string of the molecule is CCOc1cc(C=NNc2ccccn2)ccc1O. The number of anilines is 1. The summed E-state index contributed by atoms with van der Waals surface area (Å²) in [7, 11) is 0. The van der Waals surface area contributed by atoms with Crippen LogP contribution in [0, 0.1) is 0 Å². The van der Waals surface area contributed by atoms with Gasteiger partial charge in [0.25, 0.3) is 0 Å². The van der Waals surface area contributed by atoms with Crippen LogP contribution < -0.4 is 10.2 Å². The first-order valence-electron chi connectivity index (χ1n) is 5.95. The largest absolute Gasteiger partial charge is 0.504 e. The van der Waals surface area contributed by atoms with Gasteiger partial charge in [-0.2, -0.15) is 5.10 Å². The van der Waals surface area contributed by atoms with Crippen molar-refractivity contribution in [1.29, 1.82) is 0 Å². The van der Waals surface area contributed by atoms with Gasteiger partial charge in [-0.05, 0) is 42.8 Å². The molecule has 0 bridgehead atoms. The van der Waals surface area contributed by atoms with E-state index in [1.165, 1.54) is 0 Å². The van der Waals surface area contributed by atoms with Crippen molar-refractivity contribution in [3.8, 4) is 11.5 Å². The van der Waals surface area contributed by atoms with Gasteiger partial charge in [0.2, 0.25) is 0 Å². The highest BCUT2D eigenvalue weighted by Crippen LogP contribution is 2.26. The minimum atomic E-state index is 0.122. The molecular formula is C14H15N3O2. The maximum atomic E-state index is 9.57. The van der Waals surface area contributed by atoms with Crippen LogP contribution in [-0.4, -0.2) is 22.9 Å². The Kier molecular flexibility index (Phi) is 4.34. The second-order valence-electron chi connectivity index (χ2n) is 3.75. The molecule has 1 heterocycles. The third-order valence-electron chi connectivity index (χ3n) is 2.34. The number of rotatable bonds is 5.